The summed E-state index contributed by atoms with van der Waals surface area (Å²) in [6, 6.07) is 9.23. The van der Waals surface area contributed by atoms with Crippen LogP contribution >= 0.6 is 11.8 Å². The van der Waals surface area contributed by atoms with Crippen molar-refractivity contribution in [2.75, 3.05) is 44.7 Å². The summed E-state index contributed by atoms with van der Waals surface area (Å²) in [5, 5.41) is 6.96. The molecule has 2 amide bonds. The molecule has 1 N–H and O–H groups in total. The Morgan fingerprint density at radius 3 is 2.69 bits per heavy atom. The highest BCUT2D eigenvalue weighted by atomic mass is 32.2. The van der Waals surface area contributed by atoms with Crippen molar-refractivity contribution < 1.29 is 9.32 Å². The first-order valence-corrected chi connectivity index (χ1v) is 10.2. The zero-order chi connectivity index (χ0) is 18.4. The van der Waals surface area contributed by atoms with Gasteiger partial charge in [0, 0.05) is 44.0 Å². The summed E-state index contributed by atoms with van der Waals surface area (Å²) in [5.74, 6) is 2.07. The number of thioether (sulfide) groups is 1. The highest BCUT2D eigenvalue weighted by Gasteiger charge is 2.24. The van der Waals surface area contributed by atoms with Crippen LogP contribution in [-0.4, -0.2) is 70.7 Å². The minimum Gasteiger partial charge on any atom is -0.337 e. The first kappa shape index (κ1) is 18.7. The van der Waals surface area contributed by atoms with E-state index in [0.717, 1.165) is 44.0 Å². The molecule has 7 nitrogen and oxygen atoms in total. The van der Waals surface area contributed by atoms with Crippen molar-refractivity contribution in [3.63, 3.8) is 0 Å². The number of rotatable bonds is 6. The van der Waals surface area contributed by atoms with Crippen LogP contribution in [0.15, 0.2) is 34.9 Å². The van der Waals surface area contributed by atoms with Crippen LogP contribution in [0.2, 0.25) is 0 Å². The molecule has 2 heterocycles. The summed E-state index contributed by atoms with van der Waals surface area (Å²) >= 11 is 1.85. The van der Waals surface area contributed by atoms with Crippen molar-refractivity contribution >= 4 is 17.8 Å². The largest absolute Gasteiger partial charge is 0.337 e. The molecule has 0 saturated carbocycles. The lowest BCUT2D eigenvalue weighted by Crippen LogP contribution is -2.52. The third-order valence-electron chi connectivity index (χ3n) is 4.46. The Kier molecular flexibility index (Phi) is 6.51. The van der Waals surface area contributed by atoms with Crippen LogP contribution in [0.25, 0.3) is 11.4 Å². The van der Waals surface area contributed by atoms with Gasteiger partial charge in [0.1, 0.15) is 6.04 Å². The van der Waals surface area contributed by atoms with Crippen molar-refractivity contribution in [1.29, 1.82) is 0 Å². The first-order chi connectivity index (χ1) is 12.7. The molecule has 0 radical (unpaired) electrons. The second kappa shape index (κ2) is 9.05. The van der Waals surface area contributed by atoms with Gasteiger partial charge < -0.3 is 14.7 Å². The van der Waals surface area contributed by atoms with Gasteiger partial charge in [0.25, 0.3) is 0 Å². The van der Waals surface area contributed by atoms with Crippen LogP contribution in [0.4, 0.5) is 4.79 Å². The molecule has 26 heavy (non-hydrogen) atoms. The van der Waals surface area contributed by atoms with Gasteiger partial charge in [-0.2, -0.15) is 16.7 Å². The maximum absolute atomic E-state index is 12.5. The summed E-state index contributed by atoms with van der Waals surface area (Å²) in [5.41, 5.74) is 0.891. The molecule has 0 aliphatic carbocycles. The van der Waals surface area contributed by atoms with Crippen LogP contribution in [-0.2, 0) is 0 Å². The fourth-order valence-corrected chi connectivity index (χ4v) is 3.29. The zero-order valence-corrected chi connectivity index (χ0v) is 16.0. The van der Waals surface area contributed by atoms with Gasteiger partial charge >= 0.3 is 6.03 Å². The third-order valence-corrected chi connectivity index (χ3v) is 5.05. The smallest absolute Gasteiger partial charge is 0.318 e. The lowest BCUT2D eigenvalue weighted by molar-refractivity contribution is 0.140. The molecule has 1 aliphatic rings. The number of carbonyl (C=O) groups excluding carboxylic acids is 1. The number of hydrogen-bond acceptors (Lipinski definition) is 6. The van der Waals surface area contributed by atoms with E-state index in [1.165, 1.54) is 0 Å². The van der Waals surface area contributed by atoms with E-state index in [4.69, 9.17) is 4.52 Å². The number of aromatic nitrogens is 2. The summed E-state index contributed by atoms with van der Waals surface area (Å²) in [6.45, 7) is 6.26. The van der Waals surface area contributed by atoms with Crippen LogP contribution in [0, 0.1) is 0 Å². The number of hydrogen-bond donors (Lipinski definition) is 1. The first-order valence-electron chi connectivity index (χ1n) is 8.83. The maximum atomic E-state index is 12.5. The highest BCUT2D eigenvalue weighted by molar-refractivity contribution is 7.98. The van der Waals surface area contributed by atoms with Gasteiger partial charge in [0.05, 0.1) is 0 Å². The Balaban J connectivity index is 1.51. The number of piperazine rings is 1. The van der Waals surface area contributed by atoms with E-state index in [9.17, 15) is 4.79 Å². The Hall–Kier alpha value is -2.06. The Bertz CT molecular complexity index is 701. The maximum Gasteiger partial charge on any atom is 0.318 e. The Morgan fingerprint density at radius 1 is 1.27 bits per heavy atom. The van der Waals surface area contributed by atoms with Crippen molar-refractivity contribution in [1.82, 2.24) is 25.3 Å². The number of nitrogens with one attached hydrogen (secondary N) is 1. The van der Waals surface area contributed by atoms with Crippen molar-refractivity contribution in [3.8, 4) is 11.4 Å². The van der Waals surface area contributed by atoms with Crippen molar-refractivity contribution in [3.05, 3.63) is 36.2 Å². The molecule has 1 fully saturated rings. The van der Waals surface area contributed by atoms with Crippen LogP contribution in [0.5, 0.6) is 0 Å². The lowest BCUT2D eigenvalue weighted by atomic mass is 10.2. The predicted molar refractivity (Wildman–Crippen MR) is 103 cm³/mol. The summed E-state index contributed by atoms with van der Waals surface area (Å²) in [4.78, 5) is 21.1. The molecular formula is C18H25N5O2S. The van der Waals surface area contributed by atoms with Crippen molar-refractivity contribution in [2.45, 2.75) is 13.0 Å². The van der Waals surface area contributed by atoms with Crippen molar-refractivity contribution in [2.24, 2.45) is 0 Å². The number of benzene rings is 1. The summed E-state index contributed by atoms with van der Waals surface area (Å²) in [7, 11) is 0. The van der Waals surface area contributed by atoms with Crippen LogP contribution in [0.1, 0.15) is 18.9 Å². The quantitative estimate of drug-likeness (QED) is 0.836. The Morgan fingerprint density at radius 2 is 2.00 bits per heavy atom. The zero-order valence-electron chi connectivity index (χ0n) is 15.2. The molecule has 1 aromatic heterocycles. The molecule has 1 saturated heterocycles. The van der Waals surface area contributed by atoms with Gasteiger partial charge in [-0.25, -0.2) is 4.79 Å². The van der Waals surface area contributed by atoms with E-state index in [-0.39, 0.29) is 12.1 Å². The number of amides is 2. The van der Waals surface area contributed by atoms with E-state index < -0.39 is 0 Å². The molecular weight excluding hydrogens is 350 g/mol. The van der Waals surface area contributed by atoms with Gasteiger partial charge in [-0.1, -0.05) is 35.5 Å². The standard InChI is InChI=1S/C18H25N5O2S/c1-14(17-20-16(21-25-17)15-6-4-3-5-7-15)19-18(24)23-10-8-22(9-11-23)12-13-26-2/h3-7,14H,8-13H2,1-2H3,(H,19,24). The van der Waals surface area contributed by atoms with E-state index in [1.54, 1.807) is 0 Å². The van der Waals surface area contributed by atoms with E-state index in [1.807, 2.05) is 53.9 Å². The van der Waals surface area contributed by atoms with Gasteiger partial charge in [0.2, 0.25) is 11.7 Å². The average molecular weight is 375 g/mol. The molecule has 140 valence electrons. The van der Waals surface area contributed by atoms with Gasteiger partial charge in [-0.15, -0.1) is 0 Å². The SMILES string of the molecule is CSCCN1CCN(C(=O)NC(C)c2nc(-c3ccccc3)no2)CC1. The predicted octanol–water partition coefficient (Wildman–Crippen LogP) is 2.49. The van der Waals surface area contributed by atoms with E-state index >= 15 is 0 Å². The minimum atomic E-state index is -0.331. The summed E-state index contributed by atoms with van der Waals surface area (Å²) < 4.78 is 5.33. The second-order valence-electron chi connectivity index (χ2n) is 6.31. The van der Waals surface area contributed by atoms with Gasteiger partial charge in [-0.05, 0) is 13.2 Å². The highest BCUT2D eigenvalue weighted by Crippen LogP contribution is 2.18. The number of carbonyl (C=O) groups is 1. The number of nitrogens with zero attached hydrogens (tertiary/aromatic N) is 4. The van der Waals surface area contributed by atoms with Gasteiger partial charge in [0.15, 0.2) is 0 Å². The number of urea groups is 1. The fraction of sp³-hybridized carbons (Fsp3) is 0.500. The van der Waals surface area contributed by atoms with Crippen LogP contribution < -0.4 is 5.32 Å². The third kappa shape index (κ3) is 4.76. The molecule has 8 heteroatoms. The average Bonchev–Trinajstić information content (AvgIpc) is 3.18. The molecule has 1 aliphatic heterocycles. The van der Waals surface area contributed by atoms with Gasteiger partial charge in [-0.3, -0.25) is 4.90 Å². The Labute approximate surface area is 158 Å². The van der Waals surface area contributed by atoms with Crippen LogP contribution in [0.3, 0.4) is 0 Å². The van der Waals surface area contributed by atoms with E-state index in [0.29, 0.717) is 11.7 Å². The summed E-state index contributed by atoms with van der Waals surface area (Å²) in [6.07, 6.45) is 2.12. The van der Waals surface area contributed by atoms with E-state index in [2.05, 4.69) is 26.6 Å². The molecule has 1 aromatic carbocycles. The monoisotopic (exact) mass is 375 g/mol. The minimum absolute atomic E-state index is 0.0820. The molecule has 1 atom stereocenters. The topological polar surface area (TPSA) is 74.5 Å². The molecule has 1 unspecified atom stereocenters. The molecule has 3 rings (SSSR count). The second-order valence-corrected chi connectivity index (χ2v) is 7.30. The lowest BCUT2D eigenvalue weighted by Gasteiger charge is -2.34. The molecule has 2 aromatic rings. The molecule has 0 bridgehead atoms. The fourth-order valence-electron chi connectivity index (χ4n) is 2.85. The molecule has 0 spiro atoms. The normalized spacial score (nSPS) is 16.5.